The molecule has 1 amide bonds. The van der Waals surface area contributed by atoms with Crippen molar-refractivity contribution in [2.24, 2.45) is 5.92 Å². The SMILES string of the molecule is CCCC1C(=O)NC(Nc2nc(C)c3cccc(C)c3n2)NC1c1ccccc1. The topological polar surface area (TPSA) is 78.9 Å². The molecule has 0 radical (unpaired) electrons. The van der Waals surface area contributed by atoms with E-state index in [1.165, 1.54) is 0 Å². The Morgan fingerprint density at radius 1 is 1.03 bits per heavy atom. The standard InChI is InChI=1S/C23H27N5O/c1-4-9-18-20(16-11-6-5-7-12-16)26-23(27-21(18)29)28-22-24-15(3)17-13-8-10-14(2)19(17)25-22/h5-8,10-13,18,20,23,26H,4,9H2,1-3H3,(H,27,29)(H,24,25,28). The molecule has 0 saturated carbocycles. The summed E-state index contributed by atoms with van der Waals surface area (Å²) in [4.78, 5) is 22.2. The van der Waals surface area contributed by atoms with E-state index in [1.54, 1.807) is 0 Å². The molecule has 1 aromatic heterocycles. The number of nitrogens with one attached hydrogen (secondary N) is 3. The number of carbonyl (C=O) groups is 1. The van der Waals surface area contributed by atoms with Crippen molar-refractivity contribution < 1.29 is 4.79 Å². The van der Waals surface area contributed by atoms with E-state index >= 15 is 0 Å². The van der Waals surface area contributed by atoms with E-state index in [9.17, 15) is 4.79 Å². The lowest BCUT2D eigenvalue weighted by Gasteiger charge is -2.38. The molecule has 1 aliphatic heterocycles. The van der Waals surface area contributed by atoms with Crippen LogP contribution in [0.25, 0.3) is 10.9 Å². The molecular formula is C23H27N5O. The van der Waals surface area contributed by atoms with Crippen molar-refractivity contribution >= 4 is 22.8 Å². The van der Waals surface area contributed by atoms with Crippen molar-refractivity contribution in [3.05, 3.63) is 65.4 Å². The van der Waals surface area contributed by atoms with Crippen molar-refractivity contribution in [1.82, 2.24) is 20.6 Å². The molecule has 2 heterocycles. The third kappa shape index (κ3) is 3.93. The Morgan fingerprint density at radius 2 is 1.83 bits per heavy atom. The number of anilines is 1. The summed E-state index contributed by atoms with van der Waals surface area (Å²) in [6.07, 6.45) is 1.34. The maximum Gasteiger partial charge on any atom is 0.227 e. The number of fused-ring (bicyclic) bond motifs is 1. The molecule has 29 heavy (non-hydrogen) atoms. The second kappa shape index (κ2) is 8.17. The number of aromatic nitrogens is 2. The molecule has 1 fully saturated rings. The van der Waals surface area contributed by atoms with E-state index in [1.807, 2.05) is 50.2 Å². The Kier molecular flexibility index (Phi) is 5.45. The summed E-state index contributed by atoms with van der Waals surface area (Å²) in [6, 6.07) is 16.2. The van der Waals surface area contributed by atoms with Gasteiger partial charge in [0.15, 0.2) is 6.29 Å². The van der Waals surface area contributed by atoms with Gasteiger partial charge < -0.3 is 10.6 Å². The van der Waals surface area contributed by atoms with E-state index < -0.39 is 6.29 Å². The number of hydrogen-bond acceptors (Lipinski definition) is 5. The molecule has 4 rings (SSSR count). The lowest BCUT2D eigenvalue weighted by molar-refractivity contribution is -0.129. The van der Waals surface area contributed by atoms with E-state index in [-0.39, 0.29) is 17.9 Å². The van der Waals surface area contributed by atoms with Gasteiger partial charge in [0.1, 0.15) is 0 Å². The van der Waals surface area contributed by atoms with E-state index in [0.29, 0.717) is 5.95 Å². The van der Waals surface area contributed by atoms with Crippen LogP contribution in [0.1, 0.15) is 42.6 Å². The molecule has 3 aromatic rings. The normalized spacial score (nSPS) is 21.8. The van der Waals surface area contributed by atoms with Gasteiger partial charge in [0.25, 0.3) is 0 Å². The average molecular weight is 390 g/mol. The number of rotatable bonds is 5. The second-order valence-electron chi connectivity index (χ2n) is 7.64. The molecule has 3 atom stereocenters. The summed E-state index contributed by atoms with van der Waals surface area (Å²) in [6.45, 7) is 6.12. The van der Waals surface area contributed by atoms with Gasteiger partial charge in [-0.05, 0) is 31.4 Å². The number of benzene rings is 2. The molecule has 6 nitrogen and oxygen atoms in total. The summed E-state index contributed by atoms with van der Waals surface area (Å²) in [5.74, 6) is 0.440. The zero-order chi connectivity index (χ0) is 20.4. The molecule has 1 aliphatic rings. The Hall–Kier alpha value is -2.99. The zero-order valence-electron chi connectivity index (χ0n) is 17.1. The fraction of sp³-hybridized carbons (Fsp3) is 0.348. The number of carbonyl (C=O) groups excluding carboxylic acids is 1. The van der Waals surface area contributed by atoms with Crippen LogP contribution in [0.15, 0.2) is 48.5 Å². The Bertz CT molecular complexity index is 1020. The third-order valence-electron chi connectivity index (χ3n) is 5.52. The van der Waals surface area contributed by atoms with Crippen molar-refractivity contribution in [3.8, 4) is 0 Å². The summed E-state index contributed by atoms with van der Waals surface area (Å²) < 4.78 is 0. The predicted molar refractivity (Wildman–Crippen MR) is 115 cm³/mol. The number of aryl methyl sites for hydroxylation is 2. The number of amides is 1. The smallest absolute Gasteiger partial charge is 0.227 e. The summed E-state index contributed by atoms with van der Waals surface area (Å²) in [7, 11) is 0. The van der Waals surface area contributed by atoms with Crippen LogP contribution in [0.5, 0.6) is 0 Å². The van der Waals surface area contributed by atoms with Crippen molar-refractivity contribution in [1.29, 1.82) is 0 Å². The maximum absolute atomic E-state index is 12.9. The summed E-state index contributed by atoms with van der Waals surface area (Å²) >= 11 is 0. The largest absolute Gasteiger partial charge is 0.323 e. The molecule has 3 unspecified atom stereocenters. The lowest BCUT2D eigenvalue weighted by Crippen LogP contribution is -2.60. The number of hydrogen-bond donors (Lipinski definition) is 3. The molecule has 0 spiro atoms. The Balaban J connectivity index is 1.62. The molecule has 2 aromatic carbocycles. The van der Waals surface area contributed by atoms with Gasteiger partial charge in [0, 0.05) is 11.4 Å². The number of nitrogens with zero attached hydrogens (tertiary/aromatic N) is 2. The minimum absolute atomic E-state index is 0.0469. The number of para-hydroxylation sites is 1. The Labute approximate surface area is 171 Å². The zero-order valence-corrected chi connectivity index (χ0v) is 17.1. The summed E-state index contributed by atoms with van der Waals surface area (Å²) in [5.41, 5.74) is 4.04. The molecule has 3 N–H and O–H groups in total. The van der Waals surface area contributed by atoms with Crippen LogP contribution in [0, 0.1) is 19.8 Å². The van der Waals surface area contributed by atoms with E-state index in [4.69, 9.17) is 4.98 Å². The fourth-order valence-electron chi connectivity index (χ4n) is 4.06. The fourth-order valence-corrected chi connectivity index (χ4v) is 4.06. The first-order valence-electron chi connectivity index (χ1n) is 10.2. The molecule has 6 heteroatoms. The molecular weight excluding hydrogens is 362 g/mol. The molecule has 150 valence electrons. The maximum atomic E-state index is 12.9. The van der Waals surface area contributed by atoms with Gasteiger partial charge in [-0.15, -0.1) is 0 Å². The van der Waals surface area contributed by atoms with Gasteiger partial charge >= 0.3 is 0 Å². The average Bonchev–Trinajstić information content (AvgIpc) is 2.71. The second-order valence-corrected chi connectivity index (χ2v) is 7.64. The van der Waals surface area contributed by atoms with Gasteiger partial charge in [-0.2, -0.15) is 0 Å². The van der Waals surface area contributed by atoms with Crippen molar-refractivity contribution in [3.63, 3.8) is 0 Å². The van der Waals surface area contributed by atoms with Crippen LogP contribution in [0.3, 0.4) is 0 Å². The van der Waals surface area contributed by atoms with Crippen LogP contribution in [0.2, 0.25) is 0 Å². The van der Waals surface area contributed by atoms with Crippen LogP contribution >= 0.6 is 0 Å². The highest BCUT2D eigenvalue weighted by Gasteiger charge is 2.36. The summed E-state index contributed by atoms with van der Waals surface area (Å²) in [5, 5.41) is 10.9. The highest BCUT2D eigenvalue weighted by Crippen LogP contribution is 2.29. The first kappa shape index (κ1) is 19.3. The van der Waals surface area contributed by atoms with Crippen LogP contribution in [-0.4, -0.2) is 22.2 Å². The Morgan fingerprint density at radius 3 is 2.59 bits per heavy atom. The lowest BCUT2D eigenvalue weighted by atomic mass is 9.87. The quantitative estimate of drug-likeness (QED) is 0.618. The highest BCUT2D eigenvalue weighted by molar-refractivity contribution is 5.85. The minimum atomic E-state index is -0.443. The molecule has 0 aliphatic carbocycles. The first-order valence-corrected chi connectivity index (χ1v) is 10.2. The third-order valence-corrected chi connectivity index (χ3v) is 5.52. The van der Waals surface area contributed by atoms with Gasteiger partial charge in [-0.3, -0.25) is 10.1 Å². The minimum Gasteiger partial charge on any atom is -0.323 e. The van der Waals surface area contributed by atoms with Gasteiger partial charge in [-0.25, -0.2) is 9.97 Å². The van der Waals surface area contributed by atoms with Gasteiger partial charge in [0.2, 0.25) is 11.9 Å². The van der Waals surface area contributed by atoms with E-state index in [0.717, 1.165) is 40.6 Å². The van der Waals surface area contributed by atoms with Crippen molar-refractivity contribution in [2.75, 3.05) is 5.32 Å². The van der Waals surface area contributed by atoms with Gasteiger partial charge in [-0.1, -0.05) is 61.9 Å². The van der Waals surface area contributed by atoms with Crippen LogP contribution < -0.4 is 16.0 Å². The van der Waals surface area contributed by atoms with Crippen LogP contribution in [-0.2, 0) is 4.79 Å². The van der Waals surface area contributed by atoms with Crippen LogP contribution in [0.4, 0.5) is 5.95 Å². The first-order chi connectivity index (χ1) is 14.1. The van der Waals surface area contributed by atoms with Gasteiger partial charge in [0.05, 0.1) is 17.1 Å². The van der Waals surface area contributed by atoms with Crippen molar-refractivity contribution in [2.45, 2.75) is 45.9 Å². The highest BCUT2D eigenvalue weighted by atomic mass is 16.2. The van der Waals surface area contributed by atoms with E-state index in [2.05, 4.69) is 40.0 Å². The predicted octanol–water partition coefficient (Wildman–Crippen LogP) is 3.82. The molecule has 0 bridgehead atoms. The molecule has 1 saturated heterocycles. The monoisotopic (exact) mass is 389 g/mol.